The quantitative estimate of drug-likeness (QED) is 0.513. The second-order valence-electron chi connectivity index (χ2n) is 8.20. The van der Waals surface area contributed by atoms with Gasteiger partial charge < -0.3 is 14.7 Å². The maximum atomic E-state index is 12.9. The highest BCUT2D eigenvalue weighted by atomic mass is 32.1. The van der Waals surface area contributed by atoms with Gasteiger partial charge in [-0.1, -0.05) is 60.7 Å². The zero-order valence-corrected chi connectivity index (χ0v) is 19.7. The highest BCUT2D eigenvalue weighted by Crippen LogP contribution is 2.22. The summed E-state index contributed by atoms with van der Waals surface area (Å²) in [6.45, 7) is 5.22. The van der Waals surface area contributed by atoms with Crippen LogP contribution < -0.4 is 4.90 Å². The van der Waals surface area contributed by atoms with Crippen LogP contribution in [0, 0.1) is 0 Å². The summed E-state index contributed by atoms with van der Waals surface area (Å²) < 4.78 is 4.57. The van der Waals surface area contributed by atoms with E-state index in [1.165, 1.54) is 22.7 Å². The number of anilines is 1. The molecule has 2 aromatic carbocycles. The number of nitrogens with zero attached hydrogens (tertiary/aromatic N) is 5. The molecule has 0 bridgehead atoms. The highest BCUT2D eigenvalue weighted by Gasteiger charge is 2.23. The third-order valence-corrected chi connectivity index (χ3v) is 6.64. The van der Waals surface area contributed by atoms with E-state index in [1.807, 2.05) is 41.3 Å². The topological polar surface area (TPSA) is 69.6 Å². The molecule has 8 heteroatoms. The average molecular weight is 464 g/mol. The Balaban J connectivity index is 1.41. The molecule has 1 aromatic heterocycles. The first kappa shape index (κ1) is 22.9. The summed E-state index contributed by atoms with van der Waals surface area (Å²) in [6, 6.07) is 20.4. The highest BCUT2D eigenvalue weighted by molar-refractivity contribution is 7.09. The Bertz CT molecular complexity index is 1050. The molecule has 0 spiro atoms. The van der Waals surface area contributed by atoms with Crippen LogP contribution in [0.25, 0.3) is 0 Å². The molecule has 4 rings (SSSR count). The molecule has 0 saturated carbocycles. The Morgan fingerprint density at radius 2 is 1.52 bits per heavy atom. The number of carbonyl (C=O) groups excluding carboxylic acids is 2. The lowest BCUT2D eigenvalue weighted by molar-refractivity contribution is -0.138. The Morgan fingerprint density at radius 1 is 0.909 bits per heavy atom. The van der Waals surface area contributed by atoms with Gasteiger partial charge in [0.15, 0.2) is 0 Å². The van der Waals surface area contributed by atoms with Crippen LogP contribution in [0.1, 0.15) is 30.3 Å². The summed E-state index contributed by atoms with van der Waals surface area (Å²) in [4.78, 5) is 35.0. The van der Waals surface area contributed by atoms with Crippen molar-refractivity contribution in [3.63, 3.8) is 0 Å². The molecule has 0 N–H and O–H groups in total. The molecule has 1 saturated heterocycles. The minimum absolute atomic E-state index is 0.0683. The molecule has 1 aliphatic heterocycles. The maximum absolute atomic E-state index is 12.9. The number of amides is 2. The third-order valence-electron chi connectivity index (χ3n) is 5.82. The van der Waals surface area contributed by atoms with Crippen molar-refractivity contribution in [2.24, 2.45) is 0 Å². The van der Waals surface area contributed by atoms with Crippen molar-refractivity contribution in [3.8, 4) is 0 Å². The summed E-state index contributed by atoms with van der Waals surface area (Å²) in [5, 5.41) is 0.832. The Morgan fingerprint density at radius 3 is 2.15 bits per heavy atom. The largest absolute Gasteiger partial charge is 0.342 e. The molecule has 0 atom stereocenters. The molecule has 3 aromatic rings. The number of aromatic nitrogens is 2. The minimum atomic E-state index is 0.0683. The summed E-state index contributed by atoms with van der Waals surface area (Å²) in [5.41, 5.74) is 2.34. The van der Waals surface area contributed by atoms with Crippen molar-refractivity contribution in [1.29, 1.82) is 0 Å². The molecule has 7 nitrogen and oxygen atoms in total. The van der Waals surface area contributed by atoms with Crippen LogP contribution in [0.2, 0.25) is 0 Å². The van der Waals surface area contributed by atoms with E-state index < -0.39 is 0 Å². The fourth-order valence-corrected chi connectivity index (χ4v) is 4.64. The zero-order chi connectivity index (χ0) is 23.0. The van der Waals surface area contributed by atoms with Gasteiger partial charge in [-0.05, 0) is 11.1 Å². The van der Waals surface area contributed by atoms with Gasteiger partial charge >= 0.3 is 0 Å². The van der Waals surface area contributed by atoms with Crippen molar-refractivity contribution in [2.45, 2.75) is 26.3 Å². The molecule has 33 heavy (non-hydrogen) atoms. The van der Waals surface area contributed by atoms with Gasteiger partial charge in [-0.2, -0.15) is 4.37 Å². The van der Waals surface area contributed by atoms with Crippen LogP contribution >= 0.6 is 11.5 Å². The Kier molecular flexibility index (Phi) is 7.67. The number of benzene rings is 2. The van der Waals surface area contributed by atoms with Crippen molar-refractivity contribution in [1.82, 2.24) is 19.2 Å². The lowest BCUT2D eigenvalue weighted by Gasteiger charge is -2.34. The molecular weight excluding hydrogens is 434 g/mol. The molecule has 1 fully saturated rings. The molecule has 0 unspecified atom stereocenters. The molecular formula is C25H29N5O2S. The number of hydrogen-bond donors (Lipinski definition) is 0. The predicted octanol–water partition coefficient (Wildman–Crippen LogP) is 3.22. The second kappa shape index (κ2) is 11.0. The van der Waals surface area contributed by atoms with E-state index in [0.717, 1.165) is 11.0 Å². The average Bonchev–Trinajstić information content (AvgIpc) is 3.31. The van der Waals surface area contributed by atoms with Crippen LogP contribution in [0.4, 0.5) is 5.13 Å². The van der Waals surface area contributed by atoms with Crippen LogP contribution in [0.3, 0.4) is 0 Å². The summed E-state index contributed by atoms with van der Waals surface area (Å²) in [6.07, 6.45) is 1.09. The normalized spacial score (nSPS) is 13.7. The predicted molar refractivity (Wildman–Crippen MR) is 130 cm³/mol. The van der Waals surface area contributed by atoms with Crippen molar-refractivity contribution >= 4 is 28.5 Å². The number of piperazine rings is 1. The number of carbonyl (C=O) groups is 2. The molecule has 172 valence electrons. The standard InChI is InChI=1S/C25H29N5O2S/c1-20(31)28-14-16-29(17-15-28)24(32)12-13-30(19-22-10-6-3-7-11-22)25-26-23(27-33-25)18-21-8-4-2-5-9-21/h2-11H,12-19H2,1H3. The lowest BCUT2D eigenvalue weighted by atomic mass is 10.1. The van der Waals surface area contributed by atoms with E-state index in [4.69, 9.17) is 4.98 Å². The van der Waals surface area contributed by atoms with Crippen molar-refractivity contribution < 1.29 is 9.59 Å². The van der Waals surface area contributed by atoms with Gasteiger partial charge in [-0.15, -0.1) is 0 Å². The summed E-state index contributed by atoms with van der Waals surface area (Å²) in [7, 11) is 0. The maximum Gasteiger partial charge on any atom is 0.224 e. The van der Waals surface area contributed by atoms with E-state index in [-0.39, 0.29) is 11.8 Å². The van der Waals surface area contributed by atoms with Gasteiger partial charge in [0.1, 0.15) is 5.82 Å². The number of rotatable bonds is 8. The van der Waals surface area contributed by atoms with E-state index in [9.17, 15) is 9.59 Å². The van der Waals surface area contributed by atoms with Gasteiger partial charge in [0.2, 0.25) is 16.9 Å². The minimum Gasteiger partial charge on any atom is -0.342 e. The van der Waals surface area contributed by atoms with E-state index >= 15 is 0 Å². The molecule has 1 aliphatic rings. The van der Waals surface area contributed by atoms with E-state index in [1.54, 1.807) is 11.8 Å². The van der Waals surface area contributed by atoms with Gasteiger partial charge in [0.05, 0.1) is 0 Å². The van der Waals surface area contributed by atoms with Gasteiger partial charge in [-0.3, -0.25) is 9.59 Å². The Labute approximate surface area is 198 Å². The fourth-order valence-electron chi connectivity index (χ4n) is 3.93. The zero-order valence-electron chi connectivity index (χ0n) is 18.9. The summed E-state index contributed by atoms with van der Waals surface area (Å²) in [5.74, 6) is 0.981. The first-order chi connectivity index (χ1) is 16.1. The number of hydrogen-bond acceptors (Lipinski definition) is 6. The van der Waals surface area contributed by atoms with Crippen molar-refractivity contribution in [2.75, 3.05) is 37.6 Å². The van der Waals surface area contributed by atoms with E-state index in [2.05, 4.69) is 33.5 Å². The van der Waals surface area contributed by atoms with Gasteiger partial charge in [0.25, 0.3) is 0 Å². The van der Waals surface area contributed by atoms with Crippen LogP contribution in [0.15, 0.2) is 60.7 Å². The van der Waals surface area contributed by atoms with Crippen LogP contribution in [-0.2, 0) is 22.6 Å². The van der Waals surface area contributed by atoms with E-state index in [0.29, 0.717) is 52.1 Å². The lowest BCUT2D eigenvalue weighted by Crippen LogP contribution is -2.50. The smallest absolute Gasteiger partial charge is 0.224 e. The third kappa shape index (κ3) is 6.38. The SMILES string of the molecule is CC(=O)N1CCN(C(=O)CCN(Cc2ccccc2)c2nc(Cc3ccccc3)ns2)CC1. The van der Waals surface area contributed by atoms with Gasteiger partial charge in [-0.25, -0.2) is 4.98 Å². The molecule has 2 heterocycles. The molecule has 0 radical (unpaired) electrons. The molecule has 0 aliphatic carbocycles. The van der Waals surface area contributed by atoms with Crippen LogP contribution in [0.5, 0.6) is 0 Å². The molecule has 2 amide bonds. The first-order valence-corrected chi connectivity index (χ1v) is 12.0. The first-order valence-electron chi connectivity index (χ1n) is 11.3. The summed E-state index contributed by atoms with van der Waals surface area (Å²) >= 11 is 1.38. The fraction of sp³-hybridized carbons (Fsp3) is 0.360. The second-order valence-corrected chi connectivity index (χ2v) is 8.93. The monoisotopic (exact) mass is 463 g/mol. The van der Waals surface area contributed by atoms with Gasteiger partial charge in [0, 0.05) is 70.6 Å². The van der Waals surface area contributed by atoms with Crippen molar-refractivity contribution in [3.05, 3.63) is 77.6 Å². The van der Waals surface area contributed by atoms with Crippen LogP contribution in [-0.4, -0.2) is 63.7 Å². The Hall–Kier alpha value is -3.26.